The first-order valence-electron chi connectivity index (χ1n) is 5.49. The first-order valence-corrected chi connectivity index (χ1v) is 5.49. The smallest absolute Gasteiger partial charge is 0.128 e. The summed E-state index contributed by atoms with van der Waals surface area (Å²) in [4.78, 5) is 4.20. The Morgan fingerprint density at radius 1 is 1.53 bits per heavy atom. The second-order valence-corrected chi connectivity index (χ2v) is 4.14. The van der Waals surface area contributed by atoms with Crippen LogP contribution in [0.4, 0.5) is 5.82 Å². The van der Waals surface area contributed by atoms with E-state index in [1.165, 1.54) is 0 Å². The molecule has 1 aromatic rings. The van der Waals surface area contributed by atoms with Crippen molar-refractivity contribution in [2.45, 2.75) is 33.2 Å². The lowest BCUT2D eigenvalue weighted by Crippen LogP contribution is -2.24. The quantitative estimate of drug-likeness (QED) is 0.796. The van der Waals surface area contributed by atoms with E-state index >= 15 is 0 Å². The van der Waals surface area contributed by atoms with E-state index < -0.39 is 0 Å². The first kappa shape index (κ1) is 12.0. The maximum atomic E-state index is 5.91. The lowest BCUT2D eigenvalue weighted by molar-refractivity contribution is 0.400. The summed E-state index contributed by atoms with van der Waals surface area (Å²) in [6.07, 6.45) is 2.93. The minimum Gasteiger partial charge on any atom is -0.383 e. The van der Waals surface area contributed by atoms with E-state index in [-0.39, 0.29) is 0 Å². The molecule has 0 aromatic carbocycles. The number of rotatable bonds is 4. The number of nitrogens with one attached hydrogen (secondary N) is 1. The molecule has 0 amide bonds. The van der Waals surface area contributed by atoms with E-state index in [0.29, 0.717) is 17.8 Å². The number of nitrogens with two attached hydrogens (primary N) is 1. The van der Waals surface area contributed by atoms with Crippen molar-refractivity contribution in [3.63, 3.8) is 0 Å². The molecule has 0 spiro atoms. The SMILES string of the molecule is CCC(C)C(NC)c1cc(C)cnc1N. The predicted octanol–water partition coefficient (Wildman–Crippen LogP) is 2.28. The zero-order valence-corrected chi connectivity index (χ0v) is 10.0. The highest BCUT2D eigenvalue weighted by atomic mass is 14.9. The Morgan fingerprint density at radius 3 is 2.73 bits per heavy atom. The molecule has 1 rings (SSSR count). The minimum absolute atomic E-state index is 0.294. The van der Waals surface area contributed by atoms with Crippen LogP contribution >= 0.6 is 0 Å². The van der Waals surface area contributed by atoms with Crippen LogP contribution in [-0.4, -0.2) is 12.0 Å². The molecular formula is C12H21N3. The van der Waals surface area contributed by atoms with Crippen LogP contribution in [0, 0.1) is 12.8 Å². The van der Waals surface area contributed by atoms with Gasteiger partial charge in [0.15, 0.2) is 0 Å². The molecule has 0 saturated carbocycles. The van der Waals surface area contributed by atoms with Crippen LogP contribution in [0.3, 0.4) is 0 Å². The Morgan fingerprint density at radius 2 is 2.20 bits per heavy atom. The molecule has 15 heavy (non-hydrogen) atoms. The second kappa shape index (κ2) is 5.12. The molecule has 84 valence electrons. The van der Waals surface area contributed by atoms with E-state index in [1.54, 1.807) is 0 Å². The van der Waals surface area contributed by atoms with Gasteiger partial charge < -0.3 is 11.1 Å². The molecule has 0 fully saturated rings. The Kier molecular flexibility index (Phi) is 4.09. The highest BCUT2D eigenvalue weighted by molar-refractivity contribution is 5.43. The van der Waals surface area contributed by atoms with E-state index in [2.05, 4.69) is 30.2 Å². The largest absolute Gasteiger partial charge is 0.383 e. The number of nitrogens with zero attached hydrogens (tertiary/aromatic N) is 1. The fourth-order valence-corrected chi connectivity index (χ4v) is 1.83. The summed E-state index contributed by atoms with van der Waals surface area (Å²) in [5, 5.41) is 3.32. The van der Waals surface area contributed by atoms with Crippen molar-refractivity contribution in [2.75, 3.05) is 12.8 Å². The lowest BCUT2D eigenvalue weighted by atomic mass is 9.92. The average molecular weight is 207 g/mol. The molecule has 0 aliphatic heterocycles. The van der Waals surface area contributed by atoms with Crippen LogP contribution in [0.5, 0.6) is 0 Å². The summed E-state index contributed by atoms with van der Waals surface area (Å²) >= 11 is 0. The highest BCUT2D eigenvalue weighted by Gasteiger charge is 2.18. The van der Waals surface area contributed by atoms with Crippen LogP contribution in [0.1, 0.15) is 37.4 Å². The Balaban J connectivity index is 3.05. The summed E-state index contributed by atoms with van der Waals surface area (Å²) in [6, 6.07) is 2.41. The predicted molar refractivity (Wildman–Crippen MR) is 64.6 cm³/mol. The van der Waals surface area contributed by atoms with Gasteiger partial charge in [-0.1, -0.05) is 20.3 Å². The first-order chi connectivity index (χ1) is 7.10. The van der Waals surface area contributed by atoms with Gasteiger partial charge in [-0.2, -0.15) is 0 Å². The van der Waals surface area contributed by atoms with Gasteiger partial charge in [-0.15, -0.1) is 0 Å². The Hall–Kier alpha value is -1.09. The third kappa shape index (κ3) is 2.69. The topological polar surface area (TPSA) is 50.9 Å². The zero-order valence-electron chi connectivity index (χ0n) is 10.0. The normalized spacial score (nSPS) is 14.9. The second-order valence-electron chi connectivity index (χ2n) is 4.14. The van der Waals surface area contributed by atoms with Gasteiger partial charge in [0, 0.05) is 17.8 Å². The average Bonchev–Trinajstić information content (AvgIpc) is 2.23. The van der Waals surface area contributed by atoms with Gasteiger partial charge in [-0.25, -0.2) is 4.98 Å². The monoisotopic (exact) mass is 207 g/mol. The van der Waals surface area contributed by atoms with Crippen molar-refractivity contribution in [2.24, 2.45) is 5.92 Å². The molecule has 2 unspecified atom stereocenters. The van der Waals surface area contributed by atoms with Crippen LogP contribution in [-0.2, 0) is 0 Å². The van der Waals surface area contributed by atoms with Gasteiger partial charge in [-0.05, 0) is 31.5 Å². The Bertz CT molecular complexity index is 323. The minimum atomic E-state index is 0.294. The number of pyridine rings is 1. The van der Waals surface area contributed by atoms with E-state index in [0.717, 1.165) is 17.5 Å². The summed E-state index contributed by atoms with van der Waals surface area (Å²) in [5.74, 6) is 1.20. The summed E-state index contributed by atoms with van der Waals surface area (Å²) in [6.45, 7) is 6.45. The van der Waals surface area contributed by atoms with Crippen LogP contribution < -0.4 is 11.1 Å². The van der Waals surface area contributed by atoms with Gasteiger partial charge >= 0.3 is 0 Å². The zero-order chi connectivity index (χ0) is 11.4. The number of nitrogen functional groups attached to an aromatic ring is 1. The molecule has 0 saturated heterocycles. The number of aryl methyl sites for hydroxylation is 1. The molecule has 0 aliphatic carbocycles. The summed E-state index contributed by atoms with van der Waals surface area (Å²) in [7, 11) is 1.97. The summed E-state index contributed by atoms with van der Waals surface area (Å²) < 4.78 is 0. The van der Waals surface area contributed by atoms with Crippen molar-refractivity contribution < 1.29 is 0 Å². The summed E-state index contributed by atoms with van der Waals surface area (Å²) in [5.41, 5.74) is 8.18. The number of anilines is 1. The molecule has 3 nitrogen and oxygen atoms in total. The van der Waals surface area contributed by atoms with Gasteiger partial charge in [0.25, 0.3) is 0 Å². The molecule has 2 atom stereocenters. The third-order valence-corrected chi connectivity index (χ3v) is 2.95. The molecule has 1 aromatic heterocycles. The van der Waals surface area contributed by atoms with Crippen molar-refractivity contribution in [3.05, 3.63) is 23.4 Å². The molecule has 3 N–H and O–H groups in total. The van der Waals surface area contributed by atoms with Gasteiger partial charge in [0.05, 0.1) is 0 Å². The Labute approximate surface area is 92.1 Å². The molecule has 0 bridgehead atoms. The van der Waals surface area contributed by atoms with Crippen LogP contribution in [0.2, 0.25) is 0 Å². The number of hydrogen-bond acceptors (Lipinski definition) is 3. The molecule has 0 aliphatic rings. The van der Waals surface area contributed by atoms with Gasteiger partial charge in [0.1, 0.15) is 5.82 Å². The van der Waals surface area contributed by atoms with Gasteiger partial charge in [-0.3, -0.25) is 0 Å². The van der Waals surface area contributed by atoms with E-state index in [4.69, 9.17) is 5.73 Å². The highest BCUT2D eigenvalue weighted by Crippen LogP contribution is 2.27. The van der Waals surface area contributed by atoms with Crippen LogP contribution in [0.15, 0.2) is 12.3 Å². The maximum absolute atomic E-state index is 5.91. The fraction of sp³-hybridized carbons (Fsp3) is 0.583. The van der Waals surface area contributed by atoms with Crippen LogP contribution in [0.25, 0.3) is 0 Å². The lowest BCUT2D eigenvalue weighted by Gasteiger charge is -2.24. The molecule has 1 heterocycles. The number of hydrogen-bond donors (Lipinski definition) is 2. The number of aromatic nitrogens is 1. The third-order valence-electron chi connectivity index (χ3n) is 2.95. The van der Waals surface area contributed by atoms with Gasteiger partial charge in [0.2, 0.25) is 0 Å². The fourth-order valence-electron chi connectivity index (χ4n) is 1.83. The molecular weight excluding hydrogens is 186 g/mol. The van der Waals surface area contributed by atoms with E-state index in [9.17, 15) is 0 Å². The van der Waals surface area contributed by atoms with Crippen molar-refractivity contribution >= 4 is 5.82 Å². The molecule has 0 radical (unpaired) electrons. The maximum Gasteiger partial charge on any atom is 0.128 e. The molecule has 3 heteroatoms. The van der Waals surface area contributed by atoms with Crippen molar-refractivity contribution in [3.8, 4) is 0 Å². The van der Waals surface area contributed by atoms with Crippen molar-refractivity contribution in [1.29, 1.82) is 0 Å². The van der Waals surface area contributed by atoms with E-state index in [1.807, 2.05) is 20.2 Å². The van der Waals surface area contributed by atoms with Crippen molar-refractivity contribution in [1.82, 2.24) is 10.3 Å². The standard InChI is InChI=1S/C12H21N3/c1-5-9(3)11(14-4)10-6-8(2)7-15-12(10)13/h6-7,9,11,14H,5H2,1-4H3,(H2,13,15).